The lowest BCUT2D eigenvalue weighted by molar-refractivity contribution is -0.782. The van der Waals surface area contributed by atoms with Crippen molar-refractivity contribution in [2.45, 2.75) is 6.42 Å². The zero-order valence-corrected chi connectivity index (χ0v) is 7.80. The quantitative estimate of drug-likeness (QED) is 0.593. The van der Waals surface area contributed by atoms with Crippen LogP contribution in [0.5, 0.6) is 11.5 Å². The molecule has 1 aromatic carbocycles. The summed E-state index contributed by atoms with van der Waals surface area (Å²) in [6.45, 7) is 1.11. The summed E-state index contributed by atoms with van der Waals surface area (Å²) in [6.07, 6.45) is 0.792. The molecular formula is C9H8N2O4. The van der Waals surface area contributed by atoms with Crippen LogP contribution in [-0.4, -0.2) is 18.4 Å². The van der Waals surface area contributed by atoms with E-state index < -0.39 is 0 Å². The van der Waals surface area contributed by atoms with Crippen LogP contribution in [0.3, 0.4) is 0 Å². The highest BCUT2D eigenvalue weighted by molar-refractivity contribution is 5.80. The summed E-state index contributed by atoms with van der Waals surface area (Å²) in [5.41, 5.74) is 0.753. The van der Waals surface area contributed by atoms with E-state index in [9.17, 15) is 5.21 Å². The molecule has 3 rings (SSSR count). The van der Waals surface area contributed by atoms with Gasteiger partial charge in [-0.25, -0.2) is 0 Å². The number of aromatic nitrogens is 2. The first-order valence-electron chi connectivity index (χ1n) is 4.64. The van der Waals surface area contributed by atoms with Crippen molar-refractivity contribution >= 4 is 11.0 Å². The van der Waals surface area contributed by atoms with Crippen molar-refractivity contribution in [2.24, 2.45) is 0 Å². The highest BCUT2D eigenvalue weighted by Crippen LogP contribution is 2.34. The first-order valence-corrected chi connectivity index (χ1v) is 4.64. The number of ether oxygens (including phenoxy) is 2. The number of nitrogens with zero attached hydrogens (tertiary/aromatic N) is 2. The minimum absolute atomic E-state index is 0.286. The molecule has 0 saturated heterocycles. The first kappa shape index (κ1) is 8.34. The maximum atomic E-state index is 11.3. The lowest BCUT2D eigenvalue weighted by Crippen LogP contribution is -2.23. The third-order valence-corrected chi connectivity index (χ3v) is 2.26. The zero-order chi connectivity index (χ0) is 10.3. The second-order valence-corrected chi connectivity index (χ2v) is 3.24. The minimum Gasteiger partial charge on any atom is -0.489 e. The molecule has 0 saturated carbocycles. The molecule has 0 radical (unpaired) electrons. The molecule has 15 heavy (non-hydrogen) atoms. The van der Waals surface area contributed by atoms with Crippen LogP contribution in [-0.2, 0) is 0 Å². The molecule has 0 amide bonds. The van der Waals surface area contributed by atoms with Crippen molar-refractivity contribution in [1.29, 1.82) is 0 Å². The van der Waals surface area contributed by atoms with Crippen LogP contribution in [0.4, 0.5) is 0 Å². The molecule has 1 aliphatic heterocycles. The molecule has 6 nitrogen and oxygen atoms in total. The van der Waals surface area contributed by atoms with Gasteiger partial charge >= 0.3 is 0 Å². The molecule has 6 heteroatoms. The first-order chi connectivity index (χ1) is 7.36. The van der Waals surface area contributed by atoms with E-state index in [1.807, 2.05) is 0 Å². The van der Waals surface area contributed by atoms with Crippen LogP contribution in [0.15, 0.2) is 16.8 Å². The number of benzene rings is 1. The lowest BCUT2D eigenvalue weighted by Gasteiger charge is -2.04. The number of hydrogen-bond donors (Lipinski definition) is 0. The van der Waals surface area contributed by atoms with Crippen molar-refractivity contribution in [1.82, 2.24) is 5.16 Å². The molecule has 2 aromatic rings. The Hall–Kier alpha value is -1.98. The molecule has 2 heterocycles. The smallest absolute Gasteiger partial charge is 0.271 e. The fraction of sp³-hybridized carbons (Fsp3) is 0.333. The van der Waals surface area contributed by atoms with Gasteiger partial charge in [-0.05, 0) is 11.0 Å². The minimum atomic E-state index is 0.286. The zero-order valence-electron chi connectivity index (χ0n) is 7.80. The Balaban J connectivity index is 2.30. The van der Waals surface area contributed by atoms with Gasteiger partial charge in [0.15, 0.2) is 5.75 Å². The lowest BCUT2D eigenvalue weighted by atomic mass is 10.2. The topological polar surface area (TPSA) is 71.4 Å². The molecule has 0 bridgehead atoms. The standard InChI is InChI=1S/C9H8N2O4/c12-11-8-6(10-15-11)2-3-7-9(8)14-5-1-4-13-7/h2-3H,1,4-5H2. The molecular weight excluding hydrogens is 200 g/mol. The Labute approximate surface area is 84.5 Å². The van der Waals surface area contributed by atoms with Crippen molar-refractivity contribution in [3.8, 4) is 11.5 Å². The second-order valence-electron chi connectivity index (χ2n) is 3.24. The van der Waals surface area contributed by atoms with Gasteiger partial charge in [0.25, 0.3) is 11.0 Å². The van der Waals surface area contributed by atoms with Crippen molar-refractivity contribution in [3.63, 3.8) is 0 Å². The van der Waals surface area contributed by atoms with E-state index in [0.717, 1.165) is 6.42 Å². The average molecular weight is 208 g/mol. The van der Waals surface area contributed by atoms with E-state index in [2.05, 4.69) is 9.79 Å². The van der Waals surface area contributed by atoms with E-state index in [0.29, 0.717) is 35.1 Å². The average Bonchev–Trinajstić information content (AvgIpc) is 2.51. The van der Waals surface area contributed by atoms with Crippen LogP contribution >= 0.6 is 0 Å². The molecule has 0 atom stereocenters. The van der Waals surface area contributed by atoms with Crippen molar-refractivity contribution in [2.75, 3.05) is 13.2 Å². The normalized spacial score (nSPS) is 15.2. The van der Waals surface area contributed by atoms with Crippen molar-refractivity contribution < 1.29 is 19.0 Å². The Morgan fingerprint density at radius 1 is 1.27 bits per heavy atom. The number of rotatable bonds is 0. The Morgan fingerprint density at radius 2 is 2.13 bits per heavy atom. The predicted octanol–water partition coefficient (Wildman–Crippen LogP) is 0.622. The summed E-state index contributed by atoms with van der Waals surface area (Å²) in [6, 6.07) is 3.40. The van der Waals surface area contributed by atoms with Gasteiger partial charge in [-0.1, -0.05) is 0 Å². The summed E-state index contributed by atoms with van der Waals surface area (Å²) in [7, 11) is 0. The molecule has 1 aromatic heterocycles. The summed E-state index contributed by atoms with van der Waals surface area (Å²) in [5.74, 6) is 0.981. The van der Waals surface area contributed by atoms with E-state index in [-0.39, 0.29) is 5.52 Å². The summed E-state index contributed by atoms with van der Waals surface area (Å²) < 4.78 is 15.4. The molecule has 0 aliphatic carbocycles. The molecule has 1 aliphatic rings. The summed E-state index contributed by atoms with van der Waals surface area (Å²) >= 11 is 0. The highest BCUT2D eigenvalue weighted by Gasteiger charge is 2.22. The van der Waals surface area contributed by atoms with Gasteiger partial charge in [-0.15, -0.1) is 0 Å². The molecule has 0 spiro atoms. The predicted molar refractivity (Wildman–Crippen MR) is 48.6 cm³/mol. The Morgan fingerprint density at radius 3 is 3.07 bits per heavy atom. The molecule has 78 valence electrons. The second kappa shape index (κ2) is 3.01. The SMILES string of the molecule is [O-][n+]1onc2ccc3c(c21)OCCCO3. The third-order valence-electron chi connectivity index (χ3n) is 2.26. The maximum Gasteiger partial charge on any atom is 0.271 e. The molecule has 0 unspecified atom stereocenters. The van der Waals surface area contributed by atoms with Crippen LogP contribution in [0, 0.1) is 5.21 Å². The van der Waals surface area contributed by atoms with E-state index in [1.54, 1.807) is 12.1 Å². The molecule has 0 N–H and O–H groups in total. The van der Waals surface area contributed by atoms with Gasteiger partial charge in [0, 0.05) is 17.6 Å². The van der Waals surface area contributed by atoms with Gasteiger partial charge in [0.1, 0.15) is 0 Å². The van der Waals surface area contributed by atoms with Crippen LogP contribution < -0.4 is 14.4 Å². The van der Waals surface area contributed by atoms with Gasteiger partial charge < -0.3 is 14.7 Å². The van der Waals surface area contributed by atoms with Gasteiger partial charge in [0.2, 0.25) is 5.75 Å². The summed E-state index contributed by atoms with van der Waals surface area (Å²) in [4.78, 5) is 0.336. The number of fused-ring (bicyclic) bond motifs is 3. The Bertz CT molecular complexity index is 508. The van der Waals surface area contributed by atoms with E-state index in [4.69, 9.17) is 9.47 Å². The molecule has 0 fully saturated rings. The Kier molecular flexibility index (Phi) is 1.67. The van der Waals surface area contributed by atoms with Gasteiger partial charge in [-0.3, -0.25) is 4.63 Å². The third kappa shape index (κ3) is 1.18. The van der Waals surface area contributed by atoms with Gasteiger partial charge in [-0.2, -0.15) is 0 Å². The van der Waals surface area contributed by atoms with E-state index in [1.165, 1.54) is 0 Å². The van der Waals surface area contributed by atoms with Crippen molar-refractivity contribution in [3.05, 3.63) is 17.3 Å². The highest BCUT2D eigenvalue weighted by atomic mass is 16.8. The van der Waals surface area contributed by atoms with Crippen LogP contribution in [0.1, 0.15) is 6.42 Å². The monoisotopic (exact) mass is 208 g/mol. The van der Waals surface area contributed by atoms with Crippen LogP contribution in [0.25, 0.3) is 11.0 Å². The summed E-state index contributed by atoms with van der Waals surface area (Å²) in [5, 5.41) is 14.9. The van der Waals surface area contributed by atoms with Crippen LogP contribution in [0.2, 0.25) is 0 Å². The maximum absolute atomic E-state index is 11.3. The fourth-order valence-electron chi connectivity index (χ4n) is 1.58. The van der Waals surface area contributed by atoms with Gasteiger partial charge in [0.05, 0.1) is 13.2 Å². The van der Waals surface area contributed by atoms with E-state index >= 15 is 0 Å². The fourth-order valence-corrected chi connectivity index (χ4v) is 1.58. The largest absolute Gasteiger partial charge is 0.489 e. The number of hydrogen-bond acceptors (Lipinski definition) is 5.